The van der Waals surface area contributed by atoms with Crippen molar-refractivity contribution in [3.05, 3.63) is 30.5 Å². The summed E-state index contributed by atoms with van der Waals surface area (Å²) in [5, 5.41) is 9.60. The van der Waals surface area contributed by atoms with Crippen LogP contribution in [0.5, 0.6) is 5.75 Å². The fourth-order valence-electron chi connectivity index (χ4n) is 1.21. The molecule has 2 rings (SSSR count). The minimum atomic E-state index is 0.0366. The lowest BCUT2D eigenvalue weighted by Crippen LogP contribution is -2.01. The predicted molar refractivity (Wildman–Crippen MR) is 49.7 cm³/mol. The third kappa shape index (κ3) is 1.65. The van der Waals surface area contributed by atoms with E-state index < -0.39 is 0 Å². The molecule has 1 radical (unpaired) electrons. The van der Waals surface area contributed by atoms with Crippen LogP contribution >= 0.6 is 0 Å². The van der Waals surface area contributed by atoms with Gasteiger partial charge < -0.3 is 14.8 Å². The zero-order valence-electron chi connectivity index (χ0n) is 7.08. The van der Waals surface area contributed by atoms with Crippen molar-refractivity contribution in [2.75, 3.05) is 13.2 Å². The van der Waals surface area contributed by atoms with E-state index in [0.717, 1.165) is 16.7 Å². The molecule has 3 nitrogen and oxygen atoms in total. The molecule has 0 amide bonds. The number of aromatic nitrogens is 1. The number of nitrogens with one attached hydrogen (secondary N) is 1. The SMILES string of the molecule is OCCOc1ccc2[c]c[nH]c2c1. The maximum absolute atomic E-state index is 8.56. The highest BCUT2D eigenvalue weighted by molar-refractivity contribution is 5.79. The lowest BCUT2D eigenvalue weighted by molar-refractivity contribution is 0.201. The summed E-state index contributed by atoms with van der Waals surface area (Å²) < 4.78 is 5.25. The molecule has 0 spiro atoms. The normalized spacial score (nSPS) is 10.5. The highest BCUT2D eigenvalue weighted by atomic mass is 16.5. The molecule has 1 aromatic carbocycles. The van der Waals surface area contributed by atoms with Crippen molar-refractivity contribution in [3.8, 4) is 5.75 Å². The first kappa shape index (κ1) is 8.13. The first-order valence-corrected chi connectivity index (χ1v) is 4.12. The van der Waals surface area contributed by atoms with Crippen molar-refractivity contribution in [1.29, 1.82) is 0 Å². The van der Waals surface area contributed by atoms with Gasteiger partial charge in [0.15, 0.2) is 0 Å². The van der Waals surface area contributed by atoms with Gasteiger partial charge in [-0.3, -0.25) is 0 Å². The molecule has 0 unspecified atom stereocenters. The number of H-pyrrole nitrogens is 1. The van der Waals surface area contributed by atoms with E-state index >= 15 is 0 Å². The Labute approximate surface area is 76.0 Å². The van der Waals surface area contributed by atoms with E-state index in [-0.39, 0.29) is 6.61 Å². The fraction of sp³-hybridized carbons (Fsp3) is 0.200. The number of fused-ring (bicyclic) bond motifs is 1. The van der Waals surface area contributed by atoms with E-state index in [2.05, 4.69) is 11.1 Å². The van der Waals surface area contributed by atoms with Crippen molar-refractivity contribution < 1.29 is 9.84 Å². The van der Waals surface area contributed by atoms with Crippen molar-refractivity contribution in [2.45, 2.75) is 0 Å². The maximum atomic E-state index is 8.56. The van der Waals surface area contributed by atoms with E-state index in [9.17, 15) is 0 Å². The van der Waals surface area contributed by atoms with Crippen LogP contribution in [0.1, 0.15) is 0 Å². The number of aliphatic hydroxyl groups is 1. The monoisotopic (exact) mass is 176 g/mol. The largest absolute Gasteiger partial charge is 0.491 e. The second-order valence-electron chi connectivity index (χ2n) is 2.71. The number of rotatable bonds is 3. The lowest BCUT2D eigenvalue weighted by atomic mass is 10.2. The molecule has 0 atom stereocenters. The minimum Gasteiger partial charge on any atom is -0.491 e. The van der Waals surface area contributed by atoms with Crippen LogP contribution in [0, 0.1) is 6.07 Å². The first-order chi connectivity index (χ1) is 6.40. The molecule has 0 aliphatic carbocycles. The van der Waals surface area contributed by atoms with Gasteiger partial charge >= 0.3 is 0 Å². The van der Waals surface area contributed by atoms with Crippen LogP contribution in [0.15, 0.2) is 24.4 Å². The summed E-state index contributed by atoms with van der Waals surface area (Å²) in [5.41, 5.74) is 0.996. The van der Waals surface area contributed by atoms with Gasteiger partial charge in [0.05, 0.1) is 6.61 Å². The fourth-order valence-corrected chi connectivity index (χ4v) is 1.21. The van der Waals surface area contributed by atoms with Gasteiger partial charge in [-0.05, 0) is 12.1 Å². The van der Waals surface area contributed by atoms with E-state index in [4.69, 9.17) is 9.84 Å². The van der Waals surface area contributed by atoms with Crippen LogP contribution in [0.2, 0.25) is 0 Å². The van der Waals surface area contributed by atoms with Gasteiger partial charge in [-0.25, -0.2) is 0 Å². The molecule has 2 aromatic rings. The van der Waals surface area contributed by atoms with Crippen LogP contribution in [0.25, 0.3) is 10.9 Å². The Morgan fingerprint density at radius 1 is 1.46 bits per heavy atom. The zero-order valence-corrected chi connectivity index (χ0v) is 7.08. The Kier molecular flexibility index (Phi) is 2.19. The van der Waals surface area contributed by atoms with Gasteiger partial charge in [-0.1, -0.05) is 0 Å². The average molecular weight is 176 g/mol. The number of ether oxygens (including phenoxy) is 1. The predicted octanol–water partition coefficient (Wildman–Crippen LogP) is 1.34. The maximum Gasteiger partial charge on any atom is 0.121 e. The quantitative estimate of drug-likeness (QED) is 0.741. The minimum absolute atomic E-state index is 0.0366. The zero-order chi connectivity index (χ0) is 9.10. The summed E-state index contributed by atoms with van der Waals surface area (Å²) in [6.07, 6.45) is 1.76. The molecular formula is C10H10NO2. The first-order valence-electron chi connectivity index (χ1n) is 4.12. The Balaban J connectivity index is 2.26. The molecule has 0 aliphatic heterocycles. The second kappa shape index (κ2) is 3.49. The van der Waals surface area contributed by atoms with Crippen LogP contribution in [-0.4, -0.2) is 23.3 Å². The van der Waals surface area contributed by atoms with E-state index in [1.165, 1.54) is 0 Å². The summed E-state index contributed by atoms with van der Waals surface area (Å²) in [5.74, 6) is 0.761. The van der Waals surface area contributed by atoms with E-state index in [0.29, 0.717) is 6.61 Å². The third-order valence-corrected chi connectivity index (χ3v) is 1.81. The number of aliphatic hydroxyl groups excluding tert-OH is 1. The molecule has 1 heterocycles. The highest BCUT2D eigenvalue weighted by Crippen LogP contribution is 2.18. The van der Waals surface area contributed by atoms with E-state index in [1.54, 1.807) is 6.20 Å². The Hall–Kier alpha value is -1.48. The summed E-state index contributed by atoms with van der Waals surface area (Å²) >= 11 is 0. The van der Waals surface area contributed by atoms with Gasteiger partial charge in [-0.15, -0.1) is 0 Å². The molecule has 0 bridgehead atoms. The summed E-state index contributed by atoms with van der Waals surface area (Å²) in [6.45, 7) is 0.366. The average Bonchev–Trinajstić information content (AvgIpc) is 2.61. The van der Waals surface area contributed by atoms with Crippen LogP contribution in [0.3, 0.4) is 0 Å². The van der Waals surface area contributed by atoms with Crippen molar-refractivity contribution in [3.63, 3.8) is 0 Å². The molecule has 67 valence electrons. The lowest BCUT2D eigenvalue weighted by Gasteiger charge is -2.02. The molecular weight excluding hydrogens is 166 g/mol. The number of hydrogen-bond donors (Lipinski definition) is 2. The van der Waals surface area contributed by atoms with Crippen LogP contribution in [-0.2, 0) is 0 Å². The number of aromatic amines is 1. The van der Waals surface area contributed by atoms with Crippen molar-refractivity contribution >= 4 is 10.9 Å². The van der Waals surface area contributed by atoms with Gasteiger partial charge in [0.2, 0.25) is 0 Å². The highest BCUT2D eigenvalue weighted by Gasteiger charge is 1.97. The molecule has 0 aliphatic rings. The van der Waals surface area contributed by atoms with Gasteiger partial charge in [0.1, 0.15) is 12.4 Å². The topological polar surface area (TPSA) is 45.2 Å². The molecule has 13 heavy (non-hydrogen) atoms. The molecule has 3 heteroatoms. The van der Waals surface area contributed by atoms with Gasteiger partial charge in [-0.2, -0.15) is 0 Å². The molecule has 0 saturated heterocycles. The number of hydrogen-bond acceptors (Lipinski definition) is 2. The van der Waals surface area contributed by atoms with Crippen LogP contribution in [0.4, 0.5) is 0 Å². The molecule has 1 aromatic heterocycles. The summed E-state index contributed by atoms with van der Waals surface area (Å²) in [7, 11) is 0. The van der Waals surface area contributed by atoms with E-state index in [1.807, 2.05) is 18.2 Å². The molecule has 0 saturated carbocycles. The Bertz CT molecular complexity index is 394. The Morgan fingerprint density at radius 2 is 2.38 bits per heavy atom. The van der Waals surface area contributed by atoms with Crippen molar-refractivity contribution in [2.24, 2.45) is 0 Å². The molecule has 2 N–H and O–H groups in total. The smallest absolute Gasteiger partial charge is 0.121 e. The molecule has 0 fully saturated rings. The van der Waals surface area contributed by atoms with Gasteiger partial charge in [0.25, 0.3) is 0 Å². The summed E-state index contributed by atoms with van der Waals surface area (Å²) in [6, 6.07) is 8.73. The standard InChI is InChI=1S/C10H10NO2/c12-5-6-13-9-2-1-8-3-4-11-10(8)7-9/h1-2,4,7,11-12H,5-6H2. The van der Waals surface area contributed by atoms with Gasteiger partial charge in [0, 0.05) is 29.2 Å². The second-order valence-corrected chi connectivity index (χ2v) is 2.71. The summed E-state index contributed by atoms with van der Waals surface area (Å²) in [4.78, 5) is 3.04. The number of benzene rings is 1. The van der Waals surface area contributed by atoms with Crippen molar-refractivity contribution in [1.82, 2.24) is 4.98 Å². The Morgan fingerprint density at radius 3 is 3.23 bits per heavy atom. The third-order valence-electron chi connectivity index (χ3n) is 1.81. The van der Waals surface area contributed by atoms with Crippen LogP contribution < -0.4 is 4.74 Å².